The van der Waals surface area contributed by atoms with Crippen molar-refractivity contribution in [3.8, 4) is 32.0 Å². The fraction of sp³-hybridized carbons (Fsp3) is 0.216. The summed E-state index contributed by atoms with van der Waals surface area (Å²) in [5.41, 5.74) is 8.36. The lowest BCUT2D eigenvalue weighted by atomic mass is 9.83. The lowest BCUT2D eigenvalue weighted by Crippen LogP contribution is -2.41. The average molecular weight is 648 g/mol. The fourth-order valence-corrected chi connectivity index (χ4v) is 9.36. The first-order valence-corrected chi connectivity index (χ1v) is 16.7. The first kappa shape index (κ1) is 28.7. The molecule has 3 aromatic heterocycles. The summed E-state index contributed by atoms with van der Waals surface area (Å²) < 4.78 is 6.79. The van der Waals surface area contributed by atoms with Crippen molar-refractivity contribution in [2.24, 2.45) is 0 Å². The number of aromatic carboxylic acids is 2. The molecule has 230 valence electrons. The third kappa shape index (κ3) is 3.72. The lowest BCUT2D eigenvalue weighted by molar-refractivity contribution is 0.0696. The van der Waals surface area contributed by atoms with Crippen LogP contribution in [0.1, 0.15) is 59.5 Å². The normalized spacial score (nSPS) is 15.8. The maximum Gasteiger partial charge on any atom is 0.363 e. The number of hydrogen-bond acceptors (Lipinski definition) is 6. The van der Waals surface area contributed by atoms with Crippen LogP contribution in [0.4, 0.5) is 11.4 Å². The molecule has 6 aromatic rings. The topological polar surface area (TPSA) is 92.4 Å². The van der Waals surface area contributed by atoms with Crippen LogP contribution < -0.4 is 9.80 Å². The number of rotatable bonds is 3. The number of anilines is 2. The summed E-state index contributed by atoms with van der Waals surface area (Å²) in [4.78, 5) is 31.5. The highest BCUT2D eigenvalue weighted by Gasteiger charge is 2.40. The maximum absolute atomic E-state index is 12.8. The second-order valence-corrected chi connectivity index (χ2v) is 15.0. The van der Waals surface area contributed by atoms with Gasteiger partial charge in [-0.25, -0.2) is 14.0 Å². The molecule has 0 saturated heterocycles. The third-order valence-corrected chi connectivity index (χ3v) is 12.2. The molecule has 0 unspecified atom stereocenters. The molecule has 0 radical (unpaired) electrons. The number of thiophene rings is 2. The van der Waals surface area contributed by atoms with E-state index in [2.05, 4.69) is 98.7 Å². The zero-order chi connectivity index (χ0) is 32.4. The van der Waals surface area contributed by atoms with E-state index in [1.165, 1.54) is 33.0 Å². The van der Waals surface area contributed by atoms with Crippen LogP contribution in [0.2, 0.25) is 0 Å². The van der Waals surface area contributed by atoms with E-state index < -0.39 is 11.9 Å². The predicted octanol–water partition coefficient (Wildman–Crippen LogP) is 9.76. The molecule has 0 bridgehead atoms. The van der Waals surface area contributed by atoms with Crippen LogP contribution >= 0.6 is 22.7 Å². The second kappa shape index (κ2) is 9.40. The van der Waals surface area contributed by atoms with Gasteiger partial charge in [0.25, 0.3) is 0 Å². The molecule has 0 saturated carbocycles. The largest absolute Gasteiger partial charge is 0.478 e. The smallest absolute Gasteiger partial charge is 0.363 e. The number of carbonyl (C=O) groups is 2. The number of carboxylic acids is 2. The lowest BCUT2D eigenvalue weighted by Gasteiger charge is -2.42. The van der Waals surface area contributed by atoms with Gasteiger partial charge in [-0.2, -0.15) is 0 Å². The third-order valence-electron chi connectivity index (χ3n) is 10.3. The molecular formula is C37H31N2O5S2+. The molecule has 0 amide bonds. The van der Waals surface area contributed by atoms with Crippen molar-refractivity contribution in [2.45, 2.75) is 38.8 Å². The number of nitrogens with zero attached hydrogens (tertiary/aromatic N) is 2. The minimum atomic E-state index is -1.19. The van der Waals surface area contributed by atoms with Gasteiger partial charge in [0.05, 0.1) is 56.5 Å². The van der Waals surface area contributed by atoms with Crippen LogP contribution in [0.25, 0.3) is 53.9 Å². The summed E-state index contributed by atoms with van der Waals surface area (Å²) in [6.45, 7) is 8.84. The summed E-state index contributed by atoms with van der Waals surface area (Å²) in [7, 11) is 4.18. The summed E-state index contributed by atoms with van der Waals surface area (Å²) in [6.07, 6.45) is 0. The minimum absolute atomic E-state index is 0.0748. The Morgan fingerprint density at radius 3 is 1.63 bits per heavy atom. The second-order valence-electron chi connectivity index (χ2n) is 13.1. The summed E-state index contributed by atoms with van der Waals surface area (Å²) in [5, 5.41) is 25.9. The van der Waals surface area contributed by atoms with E-state index in [9.17, 15) is 19.8 Å². The Bertz CT molecular complexity index is 2210. The maximum atomic E-state index is 12.8. The van der Waals surface area contributed by atoms with E-state index in [4.69, 9.17) is 4.42 Å². The SMILES string of the molecule is CN1c2cc3[o+]c4cc5c(cc4c(-c4ccc(C(=O)O)cc4C(=O)O)c3cc2-c2sccc2C1(C)C)-c1sccc1C(C)(C)N5C. The number of benzene rings is 3. The first-order chi connectivity index (χ1) is 21.8. The quantitative estimate of drug-likeness (QED) is 0.146. The van der Waals surface area contributed by atoms with E-state index in [0.29, 0.717) is 22.3 Å². The van der Waals surface area contributed by atoms with E-state index in [0.717, 1.165) is 33.3 Å². The van der Waals surface area contributed by atoms with E-state index in [1.54, 1.807) is 28.7 Å². The molecule has 9 heteroatoms. The Morgan fingerprint density at radius 1 is 0.674 bits per heavy atom. The summed E-state index contributed by atoms with van der Waals surface area (Å²) in [6, 6.07) is 17.1. The van der Waals surface area contributed by atoms with E-state index in [1.807, 2.05) is 0 Å². The van der Waals surface area contributed by atoms with Crippen molar-refractivity contribution in [2.75, 3.05) is 23.9 Å². The fourth-order valence-electron chi connectivity index (χ4n) is 7.21. The highest BCUT2D eigenvalue weighted by atomic mass is 32.1. The summed E-state index contributed by atoms with van der Waals surface area (Å²) >= 11 is 3.38. The molecule has 46 heavy (non-hydrogen) atoms. The highest BCUT2D eigenvalue weighted by Crippen LogP contribution is 2.54. The van der Waals surface area contributed by atoms with Crippen molar-refractivity contribution < 1.29 is 24.2 Å². The predicted molar refractivity (Wildman–Crippen MR) is 187 cm³/mol. The highest BCUT2D eigenvalue weighted by molar-refractivity contribution is 7.14. The standard InChI is InChI=1S/C37H30N2O5S2/c1-36(2)25-9-11-45-32(25)21-14-23-29(16-27(21)38(36)5)44-30-17-28-22(33-26(10-12-46-33)37(3,4)39(28)6)15-24(30)31(23)19-8-7-18(34(40)41)13-20(19)35(42)43/h7-17H,1-6H3,(H-,40,41,42,43)/p+1. The molecule has 3 aromatic carbocycles. The Hall–Kier alpha value is -4.73. The van der Waals surface area contributed by atoms with Gasteiger partial charge in [-0.05, 0) is 91.5 Å². The monoisotopic (exact) mass is 647 g/mol. The van der Waals surface area contributed by atoms with Crippen molar-refractivity contribution in [1.29, 1.82) is 0 Å². The van der Waals surface area contributed by atoms with Gasteiger partial charge in [-0.1, -0.05) is 6.07 Å². The average Bonchev–Trinajstić information content (AvgIpc) is 3.72. The van der Waals surface area contributed by atoms with Gasteiger partial charge in [-0.15, -0.1) is 22.7 Å². The van der Waals surface area contributed by atoms with Gasteiger partial charge >= 0.3 is 23.1 Å². The van der Waals surface area contributed by atoms with Gasteiger partial charge < -0.3 is 20.0 Å². The molecule has 0 aliphatic carbocycles. The molecule has 0 spiro atoms. The molecule has 2 N–H and O–H groups in total. The summed E-state index contributed by atoms with van der Waals surface area (Å²) in [5.74, 6) is -2.37. The van der Waals surface area contributed by atoms with Crippen LogP contribution in [0.15, 0.2) is 69.8 Å². The minimum Gasteiger partial charge on any atom is -0.478 e. The van der Waals surface area contributed by atoms with Crippen LogP contribution in [-0.2, 0) is 11.1 Å². The molecule has 2 aliphatic heterocycles. The van der Waals surface area contributed by atoms with Crippen LogP contribution in [0.3, 0.4) is 0 Å². The van der Waals surface area contributed by atoms with Crippen molar-refractivity contribution in [3.63, 3.8) is 0 Å². The van der Waals surface area contributed by atoms with Gasteiger partial charge in [0.2, 0.25) is 0 Å². The molecule has 8 rings (SSSR count). The van der Waals surface area contributed by atoms with E-state index in [-0.39, 0.29) is 22.2 Å². The van der Waals surface area contributed by atoms with Gasteiger partial charge in [0.1, 0.15) is 0 Å². The van der Waals surface area contributed by atoms with Crippen LogP contribution in [0.5, 0.6) is 0 Å². The van der Waals surface area contributed by atoms with Crippen molar-refractivity contribution in [1.82, 2.24) is 0 Å². The number of hydrogen-bond donors (Lipinski definition) is 2. The molecule has 2 aliphatic rings. The Balaban J connectivity index is 1.54. The molecule has 0 atom stereocenters. The Morgan fingerprint density at radius 2 is 1.17 bits per heavy atom. The molecular weight excluding hydrogens is 617 g/mol. The van der Waals surface area contributed by atoms with Gasteiger partial charge in [0.15, 0.2) is 0 Å². The molecule has 5 heterocycles. The molecule has 0 fully saturated rings. The molecule has 7 nitrogen and oxygen atoms in total. The number of fused-ring (bicyclic) bond motifs is 8. The Labute approximate surface area is 273 Å². The Kier molecular flexibility index (Phi) is 5.87. The van der Waals surface area contributed by atoms with Crippen LogP contribution in [-0.4, -0.2) is 36.2 Å². The van der Waals surface area contributed by atoms with Crippen molar-refractivity contribution in [3.05, 3.63) is 87.6 Å². The first-order valence-electron chi connectivity index (χ1n) is 15.0. The van der Waals surface area contributed by atoms with Gasteiger partial charge in [-0.3, -0.25) is 0 Å². The van der Waals surface area contributed by atoms with Crippen LogP contribution in [0, 0.1) is 0 Å². The van der Waals surface area contributed by atoms with E-state index >= 15 is 0 Å². The van der Waals surface area contributed by atoms with Gasteiger partial charge in [0, 0.05) is 40.5 Å². The zero-order valence-electron chi connectivity index (χ0n) is 26.2. The van der Waals surface area contributed by atoms with Crippen molar-refractivity contribution >= 4 is 67.9 Å². The number of carboxylic acid groups (broad SMARTS) is 2. The zero-order valence-corrected chi connectivity index (χ0v) is 27.8.